The number of carbonyl (C=O) groups excluding carboxylic acids is 13. The standard InChI is InChI=1S/C85H113FN14O16.ClH/c1-53-77(107)91-65(30-27-62(102)49-89-71(103)19-11-10-14-42-100(4,5)6)78(108)92-66-45-58-17-15-18-59(43-58)48-88-73(105)52-116-70-35-41-98-76(70)81(111)95-75(54(2)101)80(110)94-67(44-56-24-28-63(115-7)29-25-56)83(113)99-40-16-36-85(99,3)84(114)87-37-34-55-20-22-57(23-21-55)50-97(74(106)33-32-72(104)90-53)39-13-9-8-12-38-96-51-60(46-68(82(98)112)93-79(66)109)64-47-61(86)26-31-69(64)96;/h15,17-18,20-26,28-29,31,43,47,51,53-54,65-68,70,75-76,101H,8-14,16,19,27,30,32-42,44-46,48-50,52H2,1-7H3,(H8-,87,88,89,90,91,92,93,94,95,103,104,105,107,108,109,110,111,114);1H/t53-,54+,65+,66-,67-,68-,70-,75-,76-,85-;/m0./s1. The van der Waals surface area contributed by atoms with Crippen molar-refractivity contribution < 1.29 is 98.2 Å². The van der Waals surface area contributed by atoms with E-state index in [0.29, 0.717) is 96.9 Å². The molecule has 0 spiro atoms. The van der Waals surface area contributed by atoms with Gasteiger partial charge in [0.05, 0.1) is 53.6 Å². The number of rotatable bonds is 15. The van der Waals surface area contributed by atoms with Crippen LogP contribution in [0, 0.1) is 5.82 Å². The number of aromatic nitrogens is 1. The van der Waals surface area contributed by atoms with Crippen molar-refractivity contribution in [3.05, 3.63) is 136 Å². The normalized spacial score (nSPS) is 24.2. The summed E-state index contributed by atoms with van der Waals surface area (Å²) in [6.45, 7) is 4.87. The minimum absolute atomic E-state index is 0. The van der Waals surface area contributed by atoms with Crippen LogP contribution in [0.25, 0.3) is 10.9 Å². The van der Waals surface area contributed by atoms with Crippen LogP contribution in [0.5, 0.6) is 5.75 Å². The first-order chi connectivity index (χ1) is 55.4. The fraction of sp³-hybridized carbons (Fsp3) is 0.541. The maximum Gasteiger partial charge on any atom is 0.246 e. The van der Waals surface area contributed by atoms with Crippen molar-refractivity contribution in [1.29, 1.82) is 0 Å². The topological polar surface area (TPSA) is 384 Å². The van der Waals surface area contributed by atoms with E-state index in [1.807, 2.05) is 28.8 Å². The van der Waals surface area contributed by atoms with Crippen molar-refractivity contribution in [3.8, 4) is 5.75 Å². The molecule has 0 saturated carbocycles. The van der Waals surface area contributed by atoms with Gasteiger partial charge in [-0.1, -0.05) is 73.5 Å². The number of hydrogen-bond donors (Lipinski definition) is 10. The van der Waals surface area contributed by atoms with Crippen molar-refractivity contribution in [2.75, 3.05) is 74.1 Å². The fourth-order valence-electron chi connectivity index (χ4n) is 15.8. The van der Waals surface area contributed by atoms with Gasteiger partial charge in [0.1, 0.15) is 66.0 Å². The fourth-order valence-corrected chi connectivity index (χ4v) is 15.8. The number of amides is 12. The van der Waals surface area contributed by atoms with Gasteiger partial charge in [0.2, 0.25) is 70.9 Å². The Morgan fingerprint density at radius 3 is 2.14 bits per heavy atom. The van der Waals surface area contributed by atoms with Gasteiger partial charge in [0, 0.05) is 108 Å². The lowest BCUT2D eigenvalue weighted by Gasteiger charge is -2.37. The number of fused-ring (bicyclic) bond motifs is 16. The molecule has 10 atom stereocenters. The highest BCUT2D eigenvalue weighted by molar-refractivity contribution is 6.00. The number of quaternary nitrogens is 1. The van der Waals surface area contributed by atoms with Crippen molar-refractivity contribution >= 4 is 87.6 Å². The smallest absolute Gasteiger partial charge is 0.246 e. The van der Waals surface area contributed by atoms with Gasteiger partial charge in [-0.2, -0.15) is 0 Å². The van der Waals surface area contributed by atoms with Crippen molar-refractivity contribution in [2.45, 2.75) is 222 Å². The molecule has 11 rings (SSSR count). The summed E-state index contributed by atoms with van der Waals surface area (Å²) in [5.74, 6) is -9.61. The number of ether oxygens (including phenoxy) is 2. The van der Waals surface area contributed by atoms with Gasteiger partial charge >= 0.3 is 0 Å². The van der Waals surface area contributed by atoms with Crippen LogP contribution in [0.15, 0.2) is 97.2 Å². The number of carbonyl (C=O) groups is 13. The second kappa shape index (κ2) is 42.2. The number of methoxy groups -OCH3 is 1. The minimum atomic E-state index is -1.87. The number of aryl methyl sites for hydroxylation is 1. The molecule has 0 aliphatic carbocycles. The zero-order valence-electron chi connectivity index (χ0n) is 68.0. The predicted octanol–water partition coefficient (Wildman–Crippen LogP) is -0.0852. The minimum Gasteiger partial charge on any atom is -1.00 e. The third-order valence-electron chi connectivity index (χ3n) is 22.4. The van der Waals surface area contributed by atoms with Gasteiger partial charge in [0.15, 0.2) is 5.78 Å². The third-order valence-corrected chi connectivity index (χ3v) is 22.4. The van der Waals surface area contributed by atoms with E-state index in [-0.39, 0.29) is 108 Å². The summed E-state index contributed by atoms with van der Waals surface area (Å²) in [6.07, 6.45) is 2.32. The Balaban J connectivity index is 0.0000156. The van der Waals surface area contributed by atoms with Gasteiger partial charge in [-0.05, 0) is 149 Å². The van der Waals surface area contributed by atoms with Gasteiger partial charge in [-0.15, -0.1) is 0 Å². The van der Waals surface area contributed by atoms with Crippen molar-refractivity contribution in [1.82, 2.24) is 67.1 Å². The number of hydrogen-bond acceptors (Lipinski definition) is 16. The monoisotopic (exact) mass is 1640 g/mol. The summed E-state index contributed by atoms with van der Waals surface area (Å²) in [5, 5.41) is 37.0. The number of aliphatic hydroxyl groups excluding tert-OH is 1. The number of nitrogens with one attached hydrogen (secondary N) is 9. The number of unbranched alkanes of at least 4 members (excludes halogenated alkanes) is 2. The molecule has 12 bridgehead atoms. The molecule has 2 saturated heterocycles. The number of benzene rings is 4. The quantitative estimate of drug-likeness (QED) is 0.0484. The molecule has 6 aliphatic heterocycles. The molecule has 2 fully saturated rings. The second-order valence-corrected chi connectivity index (χ2v) is 32.5. The van der Waals surface area contributed by atoms with Crippen LogP contribution >= 0.6 is 0 Å². The number of ketones is 1. The molecule has 10 N–H and O–H groups in total. The summed E-state index contributed by atoms with van der Waals surface area (Å²) >= 11 is 0. The molecule has 30 nitrogen and oxygen atoms in total. The van der Waals surface area contributed by atoms with Crippen LogP contribution in [-0.4, -0.2) is 240 Å². The number of Topliss-reactive ketones (excluding diaryl/α,β-unsaturated/α-hetero) is 1. The average molecular weight is 1640 g/mol. The Labute approximate surface area is 688 Å². The van der Waals surface area contributed by atoms with Crippen LogP contribution in [0.4, 0.5) is 4.39 Å². The highest BCUT2D eigenvalue weighted by Gasteiger charge is 2.50. The first kappa shape index (κ1) is 90.5. The van der Waals surface area contributed by atoms with E-state index < -0.39 is 157 Å². The summed E-state index contributed by atoms with van der Waals surface area (Å²) in [4.78, 5) is 196. The molecule has 1 aromatic heterocycles. The number of aliphatic hydroxyl groups is 1. The molecule has 7 heterocycles. The zero-order chi connectivity index (χ0) is 83.4. The maximum absolute atomic E-state index is 16.3. The molecule has 6 aliphatic rings. The van der Waals surface area contributed by atoms with E-state index in [2.05, 4.69) is 69.0 Å². The maximum atomic E-state index is 16.3. The summed E-state index contributed by atoms with van der Waals surface area (Å²) in [7, 11) is 7.72. The van der Waals surface area contributed by atoms with Gasteiger partial charge in [-0.25, -0.2) is 4.39 Å². The molecule has 634 valence electrons. The van der Waals surface area contributed by atoms with Crippen molar-refractivity contribution in [3.63, 3.8) is 0 Å². The Morgan fingerprint density at radius 2 is 1.40 bits per heavy atom. The van der Waals surface area contributed by atoms with Gasteiger partial charge in [-0.3, -0.25) is 62.3 Å². The van der Waals surface area contributed by atoms with E-state index in [1.165, 1.54) is 38.0 Å². The Hall–Kier alpha value is -10.4. The molecule has 32 heteroatoms. The SMILES string of the molecule is COc1ccc(C[C@@H]2NC(=O)[C@H]([C@@H](C)O)NC(=O)[C@@H]3[C@@H]4CCN3C(=O)[C@@H]3Cc5cn(c6ccc(F)cc56)CCCCCCN(Cc5ccc(cc5)CCNC(=O)[C@]5(C)CCCN5C2=O)C(=O)CCC(=O)N[C@@H](C)C(=O)N[C@H](CCC(=O)CNC(=O)CCCCC[N+](C)(C)C)C(=O)N[C@@H](Cc2cccc(c2)CNC(=O)CO4)C(=O)N3)cc1.[Cl-]. The lowest BCUT2D eigenvalue weighted by molar-refractivity contribution is -0.870. The third kappa shape index (κ3) is 25.3. The first-order valence-corrected chi connectivity index (χ1v) is 40.6. The van der Waals surface area contributed by atoms with Gasteiger partial charge < -0.3 is 98.6 Å². The number of halogens is 2. The Kier molecular flexibility index (Phi) is 32.6. The lowest BCUT2D eigenvalue weighted by Crippen LogP contribution is -3.00. The van der Waals surface area contributed by atoms with Crippen LogP contribution in [0.1, 0.15) is 150 Å². The van der Waals surface area contributed by atoms with Crippen LogP contribution in [-0.2, 0) is 112 Å². The zero-order valence-corrected chi connectivity index (χ0v) is 68.8. The van der Waals surface area contributed by atoms with Crippen LogP contribution in [0.3, 0.4) is 0 Å². The van der Waals surface area contributed by atoms with E-state index in [1.54, 1.807) is 72.6 Å². The van der Waals surface area contributed by atoms with E-state index in [0.717, 1.165) is 39.9 Å². The number of nitrogens with zero attached hydrogens (tertiary/aromatic N) is 5. The van der Waals surface area contributed by atoms with Crippen LogP contribution in [0.2, 0.25) is 0 Å². The highest BCUT2D eigenvalue weighted by atomic mass is 35.5. The summed E-state index contributed by atoms with van der Waals surface area (Å²) in [5.41, 5.74) is 2.66. The molecule has 5 aromatic rings. The first-order valence-electron chi connectivity index (χ1n) is 40.6. The molecule has 12 amide bonds. The van der Waals surface area contributed by atoms with Crippen molar-refractivity contribution in [2.24, 2.45) is 0 Å². The predicted molar refractivity (Wildman–Crippen MR) is 427 cm³/mol. The van der Waals surface area contributed by atoms with Gasteiger partial charge in [0.25, 0.3) is 0 Å². The Bertz CT molecular complexity index is 4380. The van der Waals surface area contributed by atoms with E-state index in [9.17, 15) is 38.7 Å². The largest absolute Gasteiger partial charge is 1.00 e. The van der Waals surface area contributed by atoms with Crippen LogP contribution < -0.4 is 65.0 Å². The average Bonchev–Trinajstić information content (AvgIpc) is 1.67. The lowest BCUT2D eigenvalue weighted by atomic mass is 9.95. The second-order valence-electron chi connectivity index (χ2n) is 32.5. The summed E-state index contributed by atoms with van der Waals surface area (Å²) in [6, 6.07) is 13.8. The van der Waals surface area contributed by atoms with E-state index >= 15 is 33.2 Å². The molecule has 4 aromatic carbocycles. The molecular weight excluding hydrogens is 1530 g/mol. The van der Waals surface area contributed by atoms with E-state index in [4.69, 9.17) is 9.47 Å². The Morgan fingerprint density at radius 1 is 0.684 bits per heavy atom. The molecular formula is C85H114ClFN14O16. The molecule has 0 unspecified atom stereocenters. The molecule has 0 radical (unpaired) electrons. The summed E-state index contributed by atoms with van der Waals surface area (Å²) < 4.78 is 30.2. The highest BCUT2D eigenvalue weighted by Crippen LogP contribution is 2.33. The molecule has 117 heavy (non-hydrogen) atoms.